The molecule has 0 aromatic heterocycles. The van der Waals surface area contributed by atoms with Crippen LogP contribution in [0.25, 0.3) is 0 Å². The van der Waals surface area contributed by atoms with Gasteiger partial charge in [-0.1, -0.05) is 24.3 Å². The zero-order valence-electron chi connectivity index (χ0n) is 18.5. The van der Waals surface area contributed by atoms with Crippen molar-refractivity contribution in [1.82, 2.24) is 9.80 Å². The Labute approximate surface area is 184 Å². The number of para-hydroxylation sites is 1. The summed E-state index contributed by atoms with van der Waals surface area (Å²) in [6.45, 7) is 5.86. The van der Waals surface area contributed by atoms with E-state index in [1.165, 1.54) is 12.0 Å². The van der Waals surface area contributed by atoms with E-state index in [1.807, 2.05) is 29.2 Å². The van der Waals surface area contributed by atoms with Crippen molar-refractivity contribution >= 4 is 5.91 Å². The van der Waals surface area contributed by atoms with E-state index in [2.05, 4.69) is 37.1 Å². The van der Waals surface area contributed by atoms with Crippen LogP contribution >= 0.6 is 0 Å². The molecule has 4 rings (SSSR count). The molecule has 0 N–H and O–H groups in total. The van der Waals surface area contributed by atoms with Crippen molar-refractivity contribution in [2.24, 2.45) is 0 Å². The Hall–Kier alpha value is -2.73. The van der Waals surface area contributed by atoms with Crippen LogP contribution in [0.4, 0.5) is 0 Å². The fourth-order valence-corrected chi connectivity index (χ4v) is 4.13. The topological polar surface area (TPSA) is 51.2 Å². The minimum atomic E-state index is 0.0764. The van der Waals surface area contributed by atoms with E-state index in [-0.39, 0.29) is 18.6 Å². The van der Waals surface area contributed by atoms with Gasteiger partial charge < -0.3 is 19.1 Å². The number of carbonyl (C=O) groups is 1. The number of carbonyl (C=O) groups excluding carboxylic acids is 1. The van der Waals surface area contributed by atoms with Crippen LogP contribution in [0.5, 0.6) is 17.2 Å². The van der Waals surface area contributed by atoms with Crippen molar-refractivity contribution < 1.29 is 19.0 Å². The lowest BCUT2D eigenvalue weighted by molar-refractivity contribution is -0.134. The Morgan fingerprint density at radius 2 is 1.81 bits per heavy atom. The molecule has 2 aliphatic heterocycles. The summed E-state index contributed by atoms with van der Waals surface area (Å²) in [6.07, 6.45) is 3.39. The number of fused-ring (bicyclic) bond motifs is 1. The maximum atomic E-state index is 12.5. The van der Waals surface area contributed by atoms with Crippen LogP contribution in [0.15, 0.2) is 42.5 Å². The summed E-state index contributed by atoms with van der Waals surface area (Å²) >= 11 is 0. The van der Waals surface area contributed by atoms with E-state index in [1.54, 1.807) is 0 Å². The standard InChI is InChI=1S/C25H32N2O4/c1-19(20-10-11-23-24(16-20)30-15-14-29-23)26(2)17-21-8-4-5-9-22(21)31-18-25(28)27-12-6-3-7-13-27/h4-5,8-11,16,19H,3,6-7,12-15,17-18H2,1-2H3. The number of hydrogen-bond donors (Lipinski definition) is 0. The molecule has 0 aliphatic carbocycles. The van der Waals surface area contributed by atoms with Crippen molar-refractivity contribution in [3.8, 4) is 17.2 Å². The van der Waals surface area contributed by atoms with Gasteiger partial charge in [0.25, 0.3) is 5.91 Å². The van der Waals surface area contributed by atoms with Gasteiger partial charge in [0.05, 0.1) is 0 Å². The van der Waals surface area contributed by atoms with Crippen LogP contribution in [0.1, 0.15) is 43.4 Å². The van der Waals surface area contributed by atoms with E-state index >= 15 is 0 Å². The predicted octanol–water partition coefficient (Wildman–Crippen LogP) is 4.04. The zero-order chi connectivity index (χ0) is 21.6. The van der Waals surface area contributed by atoms with E-state index in [0.29, 0.717) is 19.8 Å². The number of likely N-dealkylation sites (tertiary alicyclic amines) is 1. The number of piperidine rings is 1. The molecule has 6 nitrogen and oxygen atoms in total. The maximum absolute atomic E-state index is 12.5. The second-order valence-electron chi connectivity index (χ2n) is 8.33. The Balaban J connectivity index is 1.39. The van der Waals surface area contributed by atoms with Crippen molar-refractivity contribution in [2.45, 2.75) is 38.8 Å². The number of ether oxygens (including phenoxy) is 3. The molecule has 31 heavy (non-hydrogen) atoms. The lowest BCUT2D eigenvalue weighted by atomic mass is 10.1. The first-order chi connectivity index (χ1) is 15.1. The van der Waals surface area contributed by atoms with Gasteiger partial charge in [0, 0.05) is 31.2 Å². The maximum Gasteiger partial charge on any atom is 0.260 e. The molecule has 2 aliphatic rings. The Bertz CT molecular complexity index is 895. The van der Waals surface area contributed by atoms with E-state index in [9.17, 15) is 4.79 Å². The lowest BCUT2D eigenvalue weighted by Crippen LogP contribution is -2.38. The van der Waals surface area contributed by atoms with Crippen LogP contribution in [-0.2, 0) is 11.3 Å². The Morgan fingerprint density at radius 3 is 2.61 bits per heavy atom. The molecule has 2 aromatic rings. The fraction of sp³-hybridized carbons (Fsp3) is 0.480. The molecule has 0 spiro atoms. The Kier molecular flexibility index (Phi) is 6.97. The average Bonchev–Trinajstić information content (AvgIpc) is 2.83. The molecule has 0 bridgehead atoms. The van der Waals surface area contributed by atoms with Crippen molar-refractivity contribution in [1.29, 1.82) is 0 Å². The molecule has 1 saturated heterocycles. The van der Waals surface area contributed by atoms with Gasteiger partial charge in [-0.2, -0.15) is 0 Å². The molecule has 6 heteroatoms. The molecule has 0 saturated carbocycles. The highest BCUT2D eigenvalue weighted by Gasteiger charge is 2.20. The first-order valence-corrected chi connectivity index (χ1v) is 11.2. The number of rotatable bonds is 7. The summed E-state index contributed by atoms with van der Waals surface area (Å²) in [5.41, 5.74) is 2.24. The van der Waals surface area contributed by atoms with Gasteiger partial charge in [-0.15, -0.1) is 0 Å². The van der Waals surface area contributed by atoms with Gasteiger partial charge in [-0.25, -0.2) is 0 Å². The largest absolute Gasteiger partial charge is 0.486 e. The summed E-state index contributed by atoms with van der Waals surface area (Å²) in [5.74, 6) is 2.47. The highest BCUT2D eigenvalue weighted by Crippen LogP contribution is 2.34. The zero-order valence-corrected chi connectivity index (χ0v) is 18.5. The second-order valence-corrected chi connectivity index (χ2v) is 8.33. The first-order valence-electron chi connectivity index (χ1n) is 11.2. The van der Waals surface area contributed by atoms with E-state index in [4.69, 9.17) is 14.2 Å². The van der Waals surface area contributed by atoms with Gasteiger partial charge in [0.2, 0.25) is 0 Å². The number of hydrogen-bond acceptors (Lipinski definition) is 5. The van der Waals surface area contributed by atoms with E-state index < -0.39 is 0 Å². The van der Waals surface area contributed by atoms with Gasteiger partial charge in [0.1, 0.15) is 19.0 Å². The fourth-order valence-electron chi connectivity index (χ4n) is 4.13. The summed E-state index contributed by atoms with van der Waals surface area (Å²) in [4.78, 5) is 16.7. The van der Waals surface area contributed by atoms with Gasteiger partial charge in [-0.3, -0.25) is 9.69 Å². The summed E-state index contributed by atoms with van der Waals surface area (Å²) in [6, 6.07) is 14.3. The minimum Gasteiger partial charge on any atom is -0.486 e. The molecule has 1 amide bonds. The smallest absolute Gasteiger partial charge is 0.260 e. The third-order valence-electron chi connectivity index (χ3n) is 6.16. The molecule has 166 valence electrons. The number of nitrogens with zero attached hydrogens (tertiary/aromatic N) is 2. The van der Waals surface area contributed by atoms with Crippen LogP contribution in [0, 0.1) is 0 Å². The Morgan fingerprint density at radius 1 is 1.06 bits per heavy atom. The molecule has 1 atom stereocenters. The number of benzene rings is 2. The predicted molar refractivity (Wildman–Crippen MR) is 120 cm³/mol. The SMILES string of the molecule is CC(c1ccc2c(c1)OCCO2)N(C)Cc1ccccc1OCC(=O)N1CCCCC1. The van der Waals surface area contributed by atoms with Crippen molar-refractivity contribution in [3.63, 3.8) is 0 Å². The second kappa shape index (κ2) is 10.1. The normalized spacial score (nSPS) is 16.8. The van der Waals surface area contributed by atoms with Crippen molar-refractivity contribution in [2.75, 3.05) is 40.0 Å². The molecule has 2 heterocycles. The third-order valence-corrected chi connectivity index (χ3v) is 6.16. The van der Waals surface area contributed by atoms with Crippen molar-refractivity contribution in [3.05, 3.63) is 53.6 Å². The van der Waals surface area contributed by atoms with Crippen LogP contribution < -0.4 is 14.2 Å². The van der Waals surface area contributed by atoms with Crippen LogP contribution in [0.2, 0.25) is 0 Å². The van der Waals surface area contributed by atoms with Crippen LogP contribution in [-0.4, -0.2) is 55.7 Å². The van der Waals surface area contributed by atoms with E-state index in [0.717, 1.165) is 48.7 Å². The molecule has 1 unspecified atom stereocenters. The van der Waals surface area contributed by atoms with Crippen LogP contribution in [0.3, 0.4) is 0 Å². The monoisotopic (exact) mass is 424 g/mol. The van der Waals surface area contributed by atoms with Gasteiger partial charge in [-0.05, 0) is 57.0 Å². The third kappa shape index (κ3) is 5.31. The number of amides is 1. The molecule has 1 fully saturated rings. The van der Waals surface area contributed by atoms with Gasteiger partial charge in [0.15, 0.2) is 18.1 Å². The lowest BCUT2D eigenvalue weighted by Gasteiger charge is -2.28. The highest BCUT2D eigenvalue weighted by molar-refractivity contribution is 5.77. The summed E-state index contributed by atoms with van der Waals surface area (Å²) in [7, 11) is 2.09. The quantitative estimate of drug-likeness (QED) is 0.671. The minimum absolute atomic E-state index is 0.0764. The highest BCUT2D eigenvalue weighted by atomic mass is 16.6. The van der Waals surface area contributed by atoms with Gasteiger partial charge >= 0.3 is 0 Å². The molecular formula is C25H32N2O4. The first kappa shape index (κ1) is 21.5. The summed E-state index contributed by atoms with van der Waals surface area (Å²) < 4.78 is 17.3. The molecule has 0 radical (unpaired) electrons. The molecular weight excluding hydrogens is 392 g/mol. The summed E-state index contributed by atoms with van der Waals surface area (Å²) in [5, 5.41) is 0. The molecule has 2 aromatic carbocycles. The average molecular weight is 425 g/mol.